The Morgan fingerprint density at radius 3 is 2.71 bits per heavy atom. The van der Waals surface area contributed by atoms with Crippen LogP contribution in [0.1, 0.15) is 11.3 Å². The van der Waals surface area contributed by atoms with Gasteiger partial charge in [0.1, 0.15) is 6.61 Å². The largest absolute Gasteiger partial charge is 0.486 e. The van der Waals surface area contributed by atoms with Crippen LogP contribution in [-0.4, -0.2) is 17.8 Å². The second kappa shape index (κ2) is 7.45. The van der Waals surface area contributed by atoms with Crippen molar-refractivity contribution in [2.24, 2.45) is 5.10 Å². The Morgan fingerprint density at radius 2 is 2.14 bits per heavy atom. The van der Waals surface area contributed by atoms with E-state index >= 15 is 0 Å². The number of halogens is 2. The van der Waals surface area contributed by atoms with Crippen LogP contribution >= 0.6 is 34.5 Å². The number of hydrogen-bond acceptors (Lipinski definition) is 5. The van der Waals surface area contributed by atoms with E-state index < -0.39 is 0 Å². The van der Waals surface area contributed by atoms with Gasteiger partial charge in [-0.2, -0.15) is 5.10 Å². The fraction of sp³-hybridized carbons (Fsp3) is 0.143. The molecule has 1 aromatic heterocycles. The molecule has 0 atom stereocenters. The first-order chi connectivity index (χ1) is 10.1. The molecule has 1 heterocycles. The SMILES string of the molecule is C=CCOc1c(Cl)cc(C=NNc2nc(C)cs2)cc1Cl. The third kappa shape index (κ3) is 4.46. The predicted molar refractivity (Wildman–Crippen MR) is 90.2 cm³/mol. The Balaban J connectivity index is 2.08. The van der Waals surface area contributed by atoms with Crippen molar-refractivity contribution in [2.45, 2.75) is 6.92 Å². The number of benzene rings is 1. The van der Waals surface area contributed by atoms with Gasteiger partial charge in [-0.3, -0.25) is 5.43 Å². The second-order valence-corrected chi connectivity index (χ2v) is 5.75. The van der Waals surface area contributed by atoms with Gasteiger partial charge >= 0.3 is 0 Å². The molecule has 2 rings (SSSR count). The summed E-state index contributed by atoms with van der Waals surface area (Å²) in [4.78, 5) is 4.24. The van der Waals surface area contributed by atoms with Gasteiger partial charge in [0.2, 0.25) is 5.13 Å². The molecule has 110 valence electrons. The molecule has 0 aliphatic carbocycles. The zero-order valence-electron chi connectivity index (χ0n) is 11.3. The highest BCUT2D eigenvalue weighted by Crippen LogP contribution is 2.33. The van der Waals surface area contributed by atoms with E-state index in [1.54, 1.807) is 24.4 Å². The van der Waals surface area contributed by atoms with E-state index in [0.717, 1.165) is 16.4 Å². The molecule has 1 aromatic carbocycles. The minimum atomic E-state index is 0.345. The number of aromatic nitrogens is 1. The summed E-state index contributed by atoms with van der Waals surface area (Å²) >= 11 is 13.8. The molecule has 0 fully saturated rings. The molecule has 0 unspecified atom stereocenters. The number of nitrogens with zero attached hydrogens (tertiary/aromatic N) is 2. The molecule has 0 amide bonds. The average molecular weight is 342 g/mol. The number of hydrogen-bond donors (Lipinski definition) is 1. The van der Waals surface area contributed by atoms with Crippen molar-refractivity contribution >= 4 is 45.9 Å². The summed E-state index contributed by atoms with van der Waals surface area (Å²) in [7, 11) is 0. The summed E-state index contributed by atoms with van der Waals surface area (Å²) in [6.07, 6.45) is 3.24. The number of rotatable bonds is 6. The molecule has 4 nitrogen and oxygen atoms in total. The summed E-state index contributed by atoms with van der Waals surface area (Å²) in [5.74, 6) is 0.443. The van der Waals surface area contributed by atoms with E-state index in [2.05, 4.69) is 22.1 Å². The first-order valence-corrected chi connectivity index (χ1v) is 7.67. The Hall–Kier alpha value is -1.56. The second-order valence-electron chi connectivity index (χ2n) is 4.08. The van der Waals surface area contributed by atoms with Crippen LogP contribution in [0.15, 0.2) is 35.3 Å². The molecule has 0 radical (unpaired) electrons. The maximum absolute atomic E-state index is 6.13. The molecular weight excluding hydrogens is 329 g/mol. The van der Waals surface area contributed by atoms with Crippen molar-refractivity contribution in [3.8, 4) is 5.75 Å². The molecule has 0 aliphatic rings. The fourth-order valence-corrected chi connectivity index (χ4v) is 2.75. The topological polar surface area (TPSA) is 46.5 Å². The lowest BCUT2D eigenvalue weighted by molar-refractivity contribution is 0.363. The monoisotopic (exact) mass is 341 g/mol. The minimum Gasteiger partial charge on any atom is -0.486 e. The Morgan fingerprint density at radius 1 is 1.43 bits per heavy atom. The Bertz CT molecular complexity index is 647. The van der Waals surface area contributed by atoms with E-state index in [9.17, 15) is 0 Å². The number of aryl methyl sites for hydroxylation is 1. The lowest BCUT2D eigenvalue weighted by Gasteiger charge is -2.08. The van der Waals surface area contributed by atoms with Crippen molar-refractivity contribution in [3.63, 3.8) is 0 Å². The Labute approximate surface area is 137 Å². The first kappa shape index (κ1) is 15.8. The standard InChI is InChI=1S/C14H13Cl2N3OS/c1-3-4-20-13-11(15)5-10(6-12(13)16)7-17-19-14-18-9(2)8-21-14/h3,5-8H,1,4H2,2H3,(H,18,19). The van der Waals surface area contributed by atoms with Gasteiger partial charge in [0, 0.05) is 5.38 Å². The summed E-state index contributed by atoms with van der Waals surface area (Å²) < 4.78 is 5.40. The minimum absolute atomic E-state index is 0.345. The fourth-order valence-electron chi connectivity index (χ4n) is 1.50. The molecule has 2 aromatic rings. The maximum atomic E-state index is 6.13. The van der Waals surface area contributed by atoms with E-state index in [0.29, 0.717) is 22.4 Å². The Kier molecular flexibility index (Phi) is 5.61. The van der Waals surface area contributed by atoms with Crippen LogP contribution in [-0.2, 0) is 0 Å². The van der Waals surface area contributed by atoms with E-state index in [1.807, 2.05) is 12.3 Å². The van der Waals surface area contributed by atoms with Crippen molar-refractivity contribution in [3.05, 3.63) is 51.5 Å². The molecular formula is C14H13Cl2N3OS. The van der Waals surface area contributed by atoms with Gasteiger partial charge < -0.3 is 4.74 Å². The van der Waals surface area contributed by atoms with Crippen molar-refractivity contribution in [1.82, 2.24) is 4.98 Å². The molecule has 1 N–H and O–H groups in total. The van der Waals surface area contributed by atoms with Crippen LogP contribution < -0.4 is 10.2 Å². The number of hydrazone groups is 1. The van der Waals surface area contributed by atoms with Crippen molar-refractivity contribution in [1.29, 1.82) is 0 Å². The molecule has 0 spiro atoms. The third-order valence-corrected chi connectivity index (χ3v) is 3.79. The molecule has 0 saturated heterocycles. The molecule has 0 bridgehead atoms. The van der Waals surface area contributed by atoms with Crippen LogP contribution in [0.3, 0.4) is 0 Å². The van der Waals surface area contributed by atoms with Crippen LogP contribution in [0.2, 0.25) is 10.0 Å². The summed E-state index contributed by atoms with van der Waals surface area (Å²) in [6, 6.07) is 3.45. The summed E-state index contributed by atoms with van der Waals surface area (Å²) in [6.45, 7) is 5.85. The molecule has 21 heavy (non-hydrogen) atoms. The zero-order valence-corrected chi connectivity index (χ0v) is 13.6. The zero-order chi connectivity index (χ0) is 15.2. The molecule has 0 saturated carbocycles. The van der Waals surface area contributed by atoms with Gasteiger partial charge in [-0.05, 0) is 24.6 Å². The van der Waals surface area contributed by atoms with Gasteiger partial charge in [0.05, 0.1) is 22.0 Å². The first-order valence-electron chi connectivity index (χ1n) is 6.04. The van der Waals surface area contributed by atoms with E-state index in [1.165, 1.54) is 11.3 Å². The molecule has 0 aliphatic heterocycles. The van der Waals surface area contributed by atoms with Gasteiger partial charge in [0.15, 0.2) is 5.75 Å². The highest BCUT2D eigenvalue weighted by Gasteiger charge is 2.08. The normalized spacial score (nSPS) is 10.8. The maximum Gasteiger partial charge on any atom is 0.203 e. The predicted octanol–water partition coefficient (Wildman–Crippen LogP) is 4.77. The van der Waals surface area contributed by atoms with Crippen LogP contribution in [0.4, 0.5) is 5.13 Å². The highest BCUT2D eigenvalue weighted by molar-refractivity contribution is 7.13. The third-order valence-electron chi connectivity index (χ3n) is 2.36. The lowest BCUT2D eigenvalue weighted by atomic mass is 10.2. The van der Waals surface area contributed by atoms with Crippen molar-refractivity contribution < 1.29 is 4.74 Å². The summed E-state index contributed by atoms with van der Waals surface area (Å²) in [5, 5.41) is 7.62. The number of nitrogens with one attached hydrogen (secondary N) is 1. The lowest BCUT2D eigenvalue weighted by Crippen LogP contribution is -1.96. The van der Waals surface area contributed by atoms with Crippen molar-refractivity contribution in [2.75, 3.05) is 12.0 Å². The number of thiazole rings is 1. The van der Waals surface area contributed by atoms with Gasteiger partial charge in [-0.25, -0.2) is 4.98 Å². The van der Waals surface area contributed by atoms with Crippen LogP contribution in [0.25, 0.3) is 0 Å². The summed E-state index contributed by atoms with van der Waals surface area (Å²) in [5.41, 5.74) is 4.56. The van der Waals surface area contributed by atoms with Gasteiger partial charge in [0.25, 0.3) is 0 Å². The van der Waals surface area contributed by atoms with Gasteiger partial charge in [-0.15, -0.1) is 11.3 Å². The van der Waals surface area contributed by atoms with Crippen LogP contribution in [0, 0.1) is 6.92 Å². The molecule has 7 heteroatoms. The number of ether oxygens (including phenoxy) is 1. The quantitative estimate of drug-likeness (QED) is 0.467. The van der Waals surface area contributed by atoms with Crippen LogP contribution in [0.5, 0.6) is 5.75 Å². The van der Waals surface area contributed by atoms with E-state index in [4.69, 9.17) is 27.9 Å². The van der Waals surface area contributed by atoms with E-state index in [-0.39, 0.29) is 0 Å². The smallest absolute Gasteiger partial charge is 0.203 e. The average Bonchev–Trinajstić information content (AvgIpc) is 2.84. The van der Waals surface area contributed by atoms with Gasteiger partial charge in [-0.1, -0.05) is 35.9 Å². The highest BCUT2D eigenvalue weighted by atomic mass is 35.5. The number of anilines is 1.